The molecule has 122 valence electrons. The lowest BCUT2D eigenvalue weighted by atomic mass is 9.80. The number of hydrogen-bond acceptors (Lipinski definition) is 8. The summed E-state index contributed by atoms with van der Waals surface area (Å²) >= 11 is 1.59. The number of thiazole rings is 1. The SMILES string of the molecule is CCOC1(c2nc(C(=N)ON)c(N3CCOCC3)s2)CCC1. The quantitative estimate of drug-likeness (QED) is 0.485. The summed E-state index contributed by atoms with van der Waals surface area (Å²) in [6.07, 6.45) is 3.10. The highest BCUT2D eigenvalue weighted by molar-refractivity contribution is 7.16. The molecule has 1 aromatic heterocycles. The average molecular weight is 326 g/mol. The minimum Gasteiger partial charge on any atom is -0.389 e. The summed E-state index contributed by atoms with van der Waals surface area (Å²) in [5, 5.41) is 9.79. The van der Waals surface area contributed by atoms with Gasteiger partial charge >= 0.3 is 0 Å². The van der Waals surface area contributed by atoms with Gasteiger partial charge in [-0.15, -0.1) is 0 Å². The second-order valence-corrected chi connectivity index (χ2v) is 6.48. The van der Waals surface area contributed by atoms with Gasteiger partial charge in [0.25, 0.3) is 5.90 Å². The zero-order valence-corrected chi connectivity index (χ0v) is 13.6. The van der Waals surface area contributed by atoms with E-state index >= 15 is 0 Å². The minimum absolute atomic E-state index is 0.102. The summed E-state index contributed by atoms with van der Waals surface area (Å²) in [5.74, 6) is 5.09. The van der Waals surface area contributed by atoms with Crippen LogP contribution in [-0.2, 0) is 19.9 Å². The monoisotopic (exact) mass is 326 g/mol. The summed E-state index contributed by atoms with van der Waals surface area (Å²) in [5.41, 5.74) is 0.225. The third kappa shape index (κ3) is 2.71. The summed E-state index contributed by atoms with van der Waals surface area (Å²) in [6, 6.07) is 0. The molecule has 0 aromatic carbocycles. The Morgan fingerprint density at radius 2 is 2.18 bits per heavy atom. The van der Waals surface area contributed by atoms with Crippen molar-refractivity contribution < 1.29 is 14.3 Å². The second-order valence-electron chi connectivity index (χ2n) is 5.50. The Hall–Kier alpha value is -1.22. The zero-order chi connectivity index (χ0) is 15.6. The van der Waals surface area contributed by atoms with Crippen LogP contribution < -0.4 is 10.8 Å². The van der Waals surface area contributed by atoms with Crippen LogP contribution in [0.5, 0.6) is 0 Å². The lowest BCUT2D eigenvalue weighted by molar-refractivity contribution is -0.101. The van der Waals surface area contributed by atoms with Gasteiger partial charge in [-0.2, -0.15) is 5.90 Å². The van der Waals surface area contributed by atoms with E-state index in [4.69, 9.17) is 20.8 Å². The molecule has 2 heterocycles. The molecule has 0 atom stereocenters. The number of nitrogens with two attached hydrogens (primary N) is 1. The summed E-state index contributed by atoms with van der Waals surface area (Å²) in [4.78, 5) is 11.5. The number of ether oxygens (including phenoxy) is 2. The molecule has 3 N–H and O–H groups in total. The third-order valence-electron chi connectivity index (χ3n) is 4.21. The van der Waals surface area contributed by atoms with Gasteiger partial charge in [-0.25, -0.2) is 4.98 Å². The lowest BCUT2D eigenvalue weighted by Crippen LogP contribution is -2.37. The van der Waals surface area contributed by atoms with Gasteiger partial charge in [-0.05, 0) is 26.2 Å². The molecule has 0 radical (unpaired) electrons. The van der Waals surface area contributed by atoms with Crippen molar-refractivity contribution in [2.45, 2.75) is 31.8 Å². The van der Waals surface area contributed by atoms with Gasteiger partial charge in [0.05, 0.1) is 13.2 Å². The number of nitrogens with one attached hydrogen (secondary N) is 1. The van der Waals surface area contributed by atoms with Crippen LogP contribution in [0.2, 0.25) is 0 Å². The maximum Gasteiger partial charge on any atom is 0.259 e. The van der Waals surface area contributed by atoms with Gasteiger partial charge in [0, 0.05) is 19.7 Å². The van der Waals surface area contributed by atoms with E-state index in [1.165, 1.54) is 0 Å². The van der Waals surface area contributed by atoms with Crippen LogP contribution in [0.4, 0.5) is 5.00 Å². The summed E-state index contributed by atoms with van der Waals surface area (Å²) in [6.45, 7) is 5.59. The Morgan fingerprint density at radius 1 is 1.45 bits per heavy atom. The van der Waals surface area contributed by atoms with Crippen LogP contribution in [0, 0.1) is 5.41 Å². The first-order chi connectivity index (χ1) is 10.7. The summed E-state index contributed by atoms with van der Waals surface area (Å²) < 4.78 is 11.4. The Balaban J connectivity index is 1.95. The molecule has 1 aliphatic heterocycles. The maximum atomic E-state index is 7.93. The van der Waals surface area contributed by atoms with Crippen LogP contribution in [0.15, 0.2) is 0 Å². The minimum atomic E-state index is -0.284. The van der Waals surface area contributed by atoms with Crippen molar-refractivity contribution in [1.82, 2.24) is 4.98 Å². The number of anilines is 1. The van der Waals surface area contributed by atoms with E-state index in [-0.39, 0.29) is 11.5 Å². The van der Waals surface area contributed by atoms with Crippen molar-refractivity contribution >= 4 is 22.2 Å². The molecular formula is C14H22N4O3S. The first-order valence-electron chi connectivity index (χ1n) is 7.64. The largest absolute Gasteiger partial charge is 0.389 e. The molecule has 0 amide bonds. The van der Waals surface area contributed by atoms with E-state index in [9.17, 15) is 0 Å². The lowest BCUT2D eigenvalue weighted by Gasteiger charge is -2.39. The maximum absolute atomic E-state index is 7.93. The standard InChI is InChI=1S/C14H22N4O3S/c1-2-20-14(4-3-5-14)13-17-10(11(15)21-16)12(22-13)18-6-8-19-9-7-18/h15H,2-9,16H2,1H3. The molecule has 8 heteroatoms. The first kappa shape index (κ1) is 15.7. The van der Waals surface area contributed by atoms with Crippen molar-refractivity contribution in [3.8, 4) is 0 Å². The highest BCUT2D eigenvalue weighted by Gasteiger charge is 2.43. The van der Waals surface area contributed by atoms with E-state index in [1.807, 2.05) is 6.92 Å². The fourth-order valence-corrected chi connectivity index (χ4v) is 4.20. The fourth-order valence-electron chi connectivity index (χ4n) is 2.89. The third-order valence-corrected chi connectivity index (χ3v) is 5.51. The van der Waals surface area contributed by atoms with E-state index < -0.39 is 0 Å². The normalized spacial score (nSPS) is 20.5. The smallest absolute Gasteiger partial charge is 0.259 e. The molecule has 2 fully saturated rings. The van der Waals surface area contributed by atoms with Gasteiger partial charge in [0.1, 0.15) is 15.6 Å². The van der Waals surface area contributed by atoms with Crippen LogP contribution >= 0.6 is 11.3 Å². The van der Waals surface area contributed by atoms with E-state index in [0.717, 1.165) is 42.4 Å². The van der Waals surface area contributed by atoms with Crippen LogP contribution in [0.3, 0.4) is 0 Å². The molecule has 2 aliphatic rings. The Kier molecular flexibility index (Phi) is 4.62. The molecule has 0 bridgehead atoms. The number of hydrogen-bond donors (Lipinski definition) is 2. The highest BCUT2D eigenvalue weighted by Crippen LogP contribution is 2.48. The molecule has 3 rings (SSSR count). The molecule has 1 saturated carbocycles. The number of morpholine rings is 1. The molecular weight excluding hydrogens is 304 g/mol. The average Bonchev–Trinajstić information content (AvgIpc) is 2.96. The number of rotatable bonds is 5. The predicted octanol–water partition coefficient (Wildman–Crippen LogP) is 1.61. The number of aromatic nitrogens is 1. The van der Waals surface area contributed by atoms with Crippen molar-refractivity contribution in [2.75, 3.05) is 37.8 Å². The van der Waals surface area contributed by atoms with Crippen LogP contribution in [0.25, 0.3) is 0 Å². The van der Waals surface area contributed by atoms with Crippen LogP contribution in [0.1, 0.15) is 36.9 Å². The Bertz CT molecular complexity index is 538. The van der Waals surface area contributed by atoms with Gasteiger partial charge in [0.15, 0.2) is 5.69 Å². The van der Waals surface area contributed by atoms with E-state index in [0.29, 0.717) is 25.5 Å². The van der Waals surface area contributed by atoms with E-state index in [2.05, 4.69) is 14.7 Å². The predicted molar refractivity (Wildman–Crippen MR) is 84.4 cm³/mol. The van der Waals surface area contributed by atoms with Crippen molar-refractivity contribution in [1.29, 1.82) is 5.41 Å². The van der Waals surface area contributed by atoms with Crippen LogP contribution in [-0.4, -0.2) is 43.8 Å². The molecule has 7 nitrogen and oxygen atoms in total. The molecule has 0 unspecified atom stereocenters. The Morgan fingerprint density at radius 3 is 2.73 bits per heavy atom. The summed E-state index contributed by atoms with van der Waals surface area (Å²) in [7, 11) is 0. The fraction of sp³-hybridized carbons (Fsp3) is 0.714. The first-order valence-corrected chi connectivity index (χ1v) is 8.45. The molecule has 1 aliphatic carbocycles. The number of nitrogens with zero attached hydrogens (tertiary/aromatic N) is 2. The molecule has 0 spiro atoms. The van der Waals surface area contributed by atoms with Gasteiger partial charge < -0.3 is 19.2 Å². The van der Waals surface area contributed by atoms with Crippen molar-refractivity contribution in [2.24, 2.45) is 5.90 Å². The van der Waals surface area contributed by atoms with Gasteiger partial charge in [0.2, 0.25) is 0 Å². The zero-order valence-electron chi connectivity index (χ0n) is 12.8. The van der Waals surface area contributed by atoms with Crippen molar-refractivity contribution in [3.63, 3.8) is 0 Å². The molecule has 22 heavy (non-hydrogen) atoms. The highest BCUT2D eigenvalue weighted by atomic mass is 32.1. The molecule has 1 saturated heterocycles. The Labute approximate surface area is 133 Å². The van der Waals surface area contributed by atoms with Crippen molar-refractivity contribution in [3.05, 3.63) is 10.7 Å². The molecule has 1 aromatic rings. The topological polar surface area (TPSA) is 93.7 Å². The second kappa shape index (κ2) is 6.49. The van der Waals surface area contributed by atoms with Gasteiger partial charge in [-0.3, -0.25) is 5.41 Å². The van der Waals surface area contributed by atoms with Gasteiger partial charge in [-0.1, -0.05) is 11.3 Å². The van der Waals surface area contributed by atoms with E-state index in [1.54, 1.807) is 11.3 Å².